The van der Waals surface area contributed by atoms with Crippen LogP contribution < -0.4 is 0 Å². The molecule has 0 amide bonds. The van der Waals surface area contributed by atoms with E-state index in [0.717, 1.165) is 25.2 Å². The second kappa shape index (κ2) is 8.08. The smallest absolute Gasteiger partial charge is 0.0594 e. The fourth-order valence-corrected chi connectivity index (χ4v) is 2.86. The van der Waals surface area contributed by atoms with Crippen molar-refractivity contribution < 1.29 is 4.74 Å². The molecule has 1 saturated heterocycles. The Morgan fingerprint density at radius 1 is 1.00 bits per heavy atom. The van der Waals surface area contributed by atoms with Gasteiger partial charge in [0.1, 0.15) is 0 Å². The molecule has 1 saturated carbocycles. The van der Waals surface area contributed by atoms with Crippen molar-refractivity contribution in [3.63, 3.8) is 0 Å². The summed E-state index contributed by atoms with van der Waals surface area (Å²) in [4.78, 5) is 2.65. The van der Waals surface area contributed by atoms with Gasteiger partial charge in [-0.05, 0) is 31.6 Å². The van der Waals surface area contributed by atoms with E-state index >= 15 is 0 Å². The quantitative estimate of drug-likeness (QED) is 0.717. The summed E-state index contributed by atoms with van der Waals surface area (Å²) < 4.78 is 5.39. The Morgan fingerprint density at radius 3 is 2.06 bits per heavy atom. The van der Waals surface area contributed by atoms with Gasteiger partial charge in [-0.2, -0.15) is 0 Å². The van der Waals surface area contributed by atoms with Gasteiger partial charge in [-0.3, -0.25) is 4.90 Å². The summed E-state index contributed by atoms with van der Waals surface area (Å²) in [5.41, 5.74) is 0. The van der Waals surface area contributed by atoms with E-state index in [2.05, 4.69) is 11.8 Å². The first kappa shape index (κ1) is 14.0. The number of hydrogen-bond donors (Lipinski definition) is 0. The lowest BCUT2D eigenvalue weighted by molar-refractivity contribution is 0.00482. The van der Waals surface area contributed by atoms with Crippen LogP contribution in [0.2, 0.25) is 0 Å². The zero-order valence-corrected chi connectivity index (χ0v) is 11.4. The molecule has 2 nitrogen and oxygen atoms in total. The average Bonchev–Trinajstić information content (AvgIpc) is 2.42. The summed E-state index contributed by atoms with van der Waals surface area (Å²) in [7, 11) is 0. The zero-order valence-electron chi connectivity index (χ0n) is 11.4. The Kier molecular flexibility index (Phi) is 7.06. The van der Waals surface area contributed by atoms with Crippen LogP contribution in [0.3, 0.4) is 0 Å². The second-order valence-electron chi connectivity index (χ2n) is 4.73. The number of hydrogen-bond acceptors (Lipinski definition) is 2. The molecule has 0 N–H and O–H groups in total. The third kappa shape index (κ3) is 4.06. The van der Waals surface area contributed by atoms with Crippen LogP contribution in [0.25, 0.3) is 0 Å². The summed E-state index contributed by atoms with van der Waals surface area (Å²) in [5, 5.41) is 0. The lowest BCUT2D eigenvalue weighted by atomic mass is 9.84. The van der Waals surface area contributed by atoms with E-state index in [9.17, 15) is 0 Å². The standard InChI is InChI=1S/C12H23NO.C2H6/c1-2-11-3-5-12(6-4-11)13-7-9-14-10-8-13;1-2/h11-12H,2-10H2,1H3;1-2H3. The Morgan fingerprint density at radius 2 is 1.56 bits per heavy atom. The van der Waals surface area contributed by atoms with Crippen LogP contribution in [0, 0.1) is 5.92 Å². The summed E-state index contributed by atoms with van der Waals surface area (Å²) >= 11 is 0. The topological polar surface area (TPSA) is 12.5 Å². The van der Waals surface area contributed by atoms with Gasteiger partial charge in [-0.25, -0.2) is 0 Å². The van der Waals surface area contributed by atoms with Crippen LogP contribution in [0.4, 0.5) is 0 Å². The van der Waals surface area contributed by atoms with Crippen molar-refractivity contribution >= 4 is 0 Å². The molecule has 96 valence electrons. The highest BCUT2D eigenvalue weighted by atomic mass is 16.5. The molecule has 1 heterocycles. The molecule has 1 aliphatic carbocycles. The molecule has 0 aromatic heterocycles. The van der Waals surface area contributed by atoms with Crippen LogP contribution in [-0.4, -0.2) is 37.2 Å². The van der Waals surface area contributed by atoms with Crippen molar-refractivity contribution in [3.8, 4) is 0 Å². The minimum absolute atomic E-state index is 0.877. The Hall–Kier alpha value is -0.0800. The molecule has 16 heavy (non-hydrogen) atoms. The van der Waals surface area contributed by atoms with Gasteiger partial charge in [0.25, 0.3) is 0 Å². The lowest BCUT2D eigenvalue weighted by Gasteiger charge is -2.38. The van der Waals surface area contributed by atoms with Gasteiger partial charge in [0.2, 0.25) is 0 Å². The normalized spacial score (nSPS) is 31.7. The van der Waals surface area contributed by atoms with E-state index in [4.69, 9.17) is 4.74 Å². The minimum Gasteiger partial charge on any atom is -0.379 e. The molecular weight excluding hydrogens is 198 g/mol. The van der Waals surface area contributed by atoms with E-state index in [1.54, 1.807) is 0 Å². The molecule has 0 unspecified atom stereocenters. The van der Waals surface area contributed by atoms with Crippen LogP contribution in [0.5, 0.6) is 0 Å². The van der Waals surface area contributed by atoms with E-state index in [0.29, 0.717) is 0 Å². The van der Waals surface area contributed by atoms with E-state index in [-0.39, 0.29) is 0 Å². The van der Waals surface area contributed by atoms with Gasteiger partial charge < -0.3 is 4.74 Å². The number of ether oxygens (including phenoxy) is 1. The summed E-state index contributed by atoms with van der Waals surface area (Å²) in [6, 6.07) is 0.877. The van der Waals surface area contributed by atoms with E-state index < -0.39 is 0 Å². The molecule has 0 bridgehead atoms. The molecule has 0 spiro atoms. The zero-order chi connectivity index (χ0) is 11.8. The largest absolute Gasteiger partial charge is 0.379 e. The monoisotopic (exact) mass is 227 g/mol. The van der Waals surface area contributed by atoms with Gasteiger partial charge in [0.05, 0.1) is 13.2 Å². The van der Waals surface area contributed by atoms with Crippen molar-refractivity contribution in [3.05, 3.63) is 0 Å². The molecule has 2 heteroatoms. The molecule has 0 radical (unpaired) electrons. The maximum absolute atomic E-state index is 5.39. The Bertz CT molecular complexity index is 158. The molecule has 2 aliphatic rings. The minimum atomic E-state index is 0.877. The average molecular weight is 227 g/mol. The Balaban J connectivity index is 0.000000606. The molecule has 0 aromatic carbocycles. The first-order chi connectivity index (χ1) is 7.90. The highest BCUT2D eigenvalue weighted by Crippen LogP contribution is 2.29. The Labute approximate surface area is 101 Å². The van der Waals surface area contributed by atoms with Crippen molar-refractivity contribution in [2.45, 2.75) is 58.9 Å². The van der Waals surface area contributed by atoms with Gasteiger partial charge in [0, 0.05) is 19.1 Å². The second-order valence-corrected chi connectivity index (χ2v) is 4.73. The van der Waals surface area contributed by atoms with Crippen molar-refractivity contribution in [2.75, 3.05) is 26.3 Å². The van der Waals surface area contributed by atoms with Gasteiger partial charge in [-0.1, -0.05) is 27.2 Å². The third-order valence-corrected chi connectivity index (χ3v) is 3.96. The fraction of sp³-hybridized carbons (Fsp3) is 1.00. The highest BCUT2D eigenvalue weighted by Gasteiger charge is 2.25. The van der Waals surface area contributed by atoms with Crippen LogP contribution in [0.1, 0.15) is 52.9 Å². The summed E-state index contributed by atoms with van der Waals surface area (Å²) in [6.07, 6.45) is 7.16. The number of nitrogens with zero attached hydrogens (tertiary/aromatic N) is 1. The first-order valence-corrected chi connectivity index (χ1v) is 7.22. The predicted octanol–water partition coefficient (Wildman–Crippen LogP) is 3.31. The first-order valence-electron chi connectivity index (χ1n) is 7.22. The molecule has 1 aliphatic heterocycles. The van der Waals surface area contributed by atoms with Gasteiger partial charge in [-0.15, -0.1) is 0 Å². The molecule has 2 fully saturated rings. The molecular formula is C14H29NO. The van der Waals surface area contributed by atoms with Crippen molar-refractivity contribution in [2.24, 2.45) is 5.92 Å². The predicted molar refractivity (Wildman–Crippen MR) is 69.8 cm³/mol. The van der Waals surface area contributed by atoms with Gasteiger partial charge in [0.15, 0.2) is 0 Å². The summed E-state index contributed by atoms with van der Waals surface area (Å²) in [6.45, 7) is 10.6. The molecule has 0 aromatic rings. The van der Waals surface area contributed by atoms with Crippen molar-refractivity contribution in [1.29, 1.82) is 0 Å². The van der Waals surface area contributed by atoms with Crippen LogP contribution in [-0.2, 0) is 4.74 Å². The third-order valence-electron chi connectivity index (χ3n) is 3.96. The number of rotatable bonds is 2. The van der Waals surface area contributed by atoms with Crippen LogP contribution >= 0.6 is 0 Å². The number of morpholine rings is 1. The van der Waals surface area contributed by atoms with E-state index in [1.165, 1.54) is 45.2 Å². The maximum atomic E-state index is 5.39. The maximum Gasteiger partial charge on any atom is 0.0594 e. The molecule has 0 atom stereocenters. The molecule has 2 rings (SSSR count). The lowest BCUT2D eigenvalue weighted by Crippen LogP contribution is -2.44. The fourth-order valence-electron chi connectivity index (χ4n) is 2.86. The summed E-state index contributed by atoms with van der Waals surface area (Å²) in [5.74, 6) is 1.02. The SMILES string of the molecule is CC.CCC1CCC(N2CCOCC2)CC1. The van der Waals surface area contributed by atoms with E-state index in [1.807, 2.05) is 13.8 Å². The van der Waals surface area contributed by atoms with Crippen LogP contribution in [0.15, 0.2) is 0 Å². The van der Waals surface area contributed by atoms with Gasteiger partial charge >= 0.3 is 0 Å². The van der Waals surface area contributed by atoms with Crippen molar-refractivity contribution in [1.82, 2.24) is 4.90 Å². The highest BCUT2D eigenvalue weighted by molar-refractivity contribution is 4.80.